The van der Waals surface area contributed by atoms with Gasteiger partial charge >= 0.3 is 0 Å². The summed E-state index contributed by atoms with van der Waals surface area (Å²) in [6.45, 7) is 3.33. The van der Waals surface area contributed by atoms with Crippen LogP contribution in [0.4, 0.5) is 0 Å². The fourth-order valence-electron chi connectivity index (χ4n) is 4.84. The number of hydrogen-bond donors (Lipinski definition) is 2. The van der Waals surface area contributed by atoms with Gasteiger partial charge in [0, 0.05) is 31.7 Å². The number of aromatic amines is 1. The van der Waals surface area contributed by atoms with Crippen molar-refractivity contribution in [2.75, 3.05) is 13.1 Å². The number of aromatic nitrogens is 2. The van der Waals surface area contributed by atoms with Gasteiger partial charge in [0.15, 0.2) is 5.69 Å². The minimum atomic E-state index is 0.113. The molecule has 1 aromatic carbocycles. The molecule has 0 spiro atoms. The molecule has 5 heteroatoms. The number of amides is 1. The van der Waals surface area contributed by atoms with Crippen molar-refractivity contribution in [3.63, 3.8) is 0 Å². The molecule has 5 nitrogen and oxygen atoms in total. The van der Waals surface area contributed by atoms with Gasteiger partial charge in [0.25, 0.3) is 5.91 Å². The quantitative estimate of drug-likeness (QED) is 0.892. The third-order valence-electron chi connectivity index (χ3n) is 6.07. The lowest BCUT2D eigenvalue weighted by molar-refractivity contribution is 0.0772. The number of H-pyrrole nitrogens is 1. The van der Waals surface area contributed by atoms with E-state index in [0.29, 0.717) is 23.4 Å². The molecule has 124 valence electrons. The van der Waals surface area contributed by atoms with E-state index >= 15 is 0 Å². The summed E-state index contributed by atoms with van der Waals surface area (Å²) in [6, 6.07) is 10.8. The maximum absolute atomic E-state index is 12.9. The van der Waals surface area contributed by atoms with Gasteiger partial charge in [-0.25, -0.2) is 0 Å². The second kappa shape index (κ2) is 5.45. The molecule has 24 heavy (non-hydrogen) atoms. The molecule has 2 unspecified atom stereocenters. The first-order valence-electron chi connectivity index (χ1n) is 8.90. The van der Waals surface area contributed by atoms with Crippen molar-refractivity contribution in [2.45, 2.75) is 31.8 Å². The Morgan fingerprint density at radius 3 is 2.58 bits per heavy atom. The van der Waals surface area contributed by atoms with E-state index in [1.165, 1.54) is 18.4 Å². The standard InChI is InChI=1S/C19H22N4O/c24-19(18-16-8-20-9-17(16)21-22-18)23-10-14-6-13(7-15(14)11-23)12-4-2-1-3-5-12/h1-5,13-15,20H,6-11H2,(H,21,22). The van der Waals surface area contributed by atoms with Crippen molar-refractivity contribution in [2.24, 2.45) is 11.8 Å². The van der Waals surface area contributed by atoms with Gasteiger partial charge in [-0.05, 0) is 36.2 Å². The van der Waals surface area contributed by atoms with Crippen molar-refractivity contribution in [1.82, 2.24) is 20.4 Å². The maximum Gasteiger partial charge on any atom is 0.274 e. The lowest BCUT2D eigenvalue weighted by atomic mass is 9.96. The number of carbonyl (C=O) groups is 1. The number of hydrogen-bond acceptors (Lipinski definition) is 3. The van der Waals surface area contributed by atoms with E-state index in [-0.39, 0.29) is 5.91 Å². The lowest BCUT2D eigenvalue weighted by Crippen LogP contribution is -2.31. The van der Waals surface area contributed by atoms with Gasteiger partial charge in [0.1, 0.15) is 0 Å². The zero-order chi connectivity index (χ0) is 16.1. The van der Waals surface area contributed by atoms with E-state index in [2.05, 4.69) is 45.8 Å². The van der Waals surface area contributed by atoms with E-state index in [4.69, 9.17) is 0 Å². The monoisotopic (exact) mass is 322 g/mol. The fourth-order valence-corrected chi connectivity index (χ4v) is 4.84. The molecule has 3 heterocycles. The van der Waals surface area contributed by atoms with Crippen LogP contribution in [-0.4, -0.2) is 34.1 Å². The number of rotatable bonds is 2. The smallest absolute Gasteiger partial charge is 0.274 e. The van der Waals surface area contributed by atoms with Gasteiger partial charge in [0.2, 0.25) is 0 Å². The molecule has 2 atom stereocenters. The second-order valence-corrected chi connectivity index (χ2v) is 7.44. The normalized spacial score (nSPS) is 28.2. The number of likely N-dealkylation sites (tertiary alicyclic amines) is 1. The number of nitrogens with one attached hydrogen (secondary N) is 2. The van der Waals surface area contributed by atoms with Crippen LogP contribution in [0.15, 0.2) is 30.3 Å². The molecule has 1 saturated heterocycles. The Hall–Kier alpha value is -2.14. The number of nitrogens with zero attached hydrogens (tertiary/aromatic N) is 2. The van der Waals surface area contributed by atoms with Crippen molar-refractivity contribution >= 4 is 5.91 Å². The van der Waals surface area contributed by atoms with Crippen LogP contribution in [0.5, 0.6) is 0 Å². The highest BCUT2D eigenvalue weighted by atomic mass is 16.2. The molecule has 1 amide bonds. The Morgan fingerprint density at radius 1 is 1.08 bits per heavy atom. The van der Waals surface area contributed by atoms with E-state index in [0.717, 1.165) is 37.4 Å². The van der Waals surface area contributed by atoms with Crippen molar-refractivity contribution in [1.29, 1.82) is 0 Å². The summed E-state index contributed by atoms with van der Waals surface area (Å²) in [4.78, 5) is 14.9. The molecule has 2 fully saturated rings. The highest BCUT2D eigenvalue weighted by Crippen LogP contribution is 2.46. The van der Waals surface area contributed by atoms with Crippen LogP contribution >= 0.6 is 0 Å². The molecule has 1 aliphatic carbocycles. The Labute approximate surface area is 141 Å². The fraction of sp³-hybridized carbons (Fsp3) is 0.474. The summed E-state index contributed by atoms with van der Waals surface area (Å²) < 4.78 is 0. The molecule has 2 aliphatic heterocycles. The average Bonchev–Trinajstić information content (AvgIpc) is 3.34. The number of carbonyl (C=O) groups excluding carboxylic acids is 1. The third-order valence-corrected chi connectivity index (χ3v) is 6.07. The maximum atomic E-state index is 12.9. The van der Waals surface area contributed by atoms with Crippen molar-refractivity contribution in [3.8, 4) is 0 Å². The first-order valence-corrected chi connectivity index (χ1v) is 8.90. The topological polar surface area (TPSA) is 61.0 Å². The predicted molar refractivity (Wildman–Crippen MR) is 90.4 cm³/mol. The molecule has 2 N–H and O–H groups in total. The Morgan fingerprint density at radius 2 is 1.83 bits per heavy atom. The minimum absolute atomic E-state index is 0.113. The van der Waals surface area contributed by atoms with Gasteiger partial charge < -0.3 is 10.2 Å². The molecular weight excluding hydrogens is 300 g/mol. The van der Waals surface area contributed by atoms with Crippen LogP contribution in [0.25, 0.3) is 0 Å². The highest BCUT2D eigenvalue weighted by molar-refractivity contribution is 5.94. The number of fused-ring (bicyclic) bond motifs is 2. The van der Waals surface area contributed by atoms with E-state index in [1.807, 2.05) is 4.90 Å². The largest absolute Gasteiger partial charge is 0.337 e. The molecule has 0 bridgehead atoms. The Bertz CT molecular complexity index is 755. The molecule has 1 saturated carbocycles. The summed E-state index contributed by atoms with van der Waals surface area (Å²) in [7, 11) is 0. The predicted octanol–water partition coefficient (Wildman–Crippen LogP) is 2.28. The zero-order valence-electron chi connectivity index (χ0n) is 13.7. The van der Waals surface area contributed by atoms with Crippen molar-refractivity contribution in [3.05, 3.63) is 52.8 Å². The van der Waals surface area contributed by atoms with Gasteiger partial charge in [0.05, 0.1) is 5.69 Å². The summed E-state index contributed by atoms with van der Waals surface area (Å²) >= 11 is 0. The van der Waals surface area contributed by atoms with Crippen LogP contribution in [0.2, 0.25) is 0 Å². The molecular formula is C19H22N4O. The Balaban J connectivity index is 1.29. The SMILES string of the molecule is O=C(c1n[nH]c2c1CNC2)N1CC2CC(c3ccccc3)CC2C1. The average molecular weight is 322 g/mol. The van der Waals surface area contributed by atoms with E-state index in [1.54, 1.807) is 0 Å². The molecule has 0 radical (unpaired) electrons. The highest BCUT2D eigenvalue weighted by Gasteiger charge is 2.43. The van der Waals surface area contributed by atoms with Crippen molar-refractivity contribution < 1.29 is 4.79 Å². The second-order valence-electron chi connectivity index (χ2n) is 7.44. The van der Waals surface area contributed by atoms with Crippen LogP contribution in [-0.2, 0) is 13.1 Å². The molecule has 1 aromatic heterocycles. The van der Waals surface area contributed by atoms with E-state index in [9.17, 15) is 4.79 Å². The summed E-state index contributed by atoms with van der Waals surface area (Å²) in [5, 5.41) is 10.6. The third kappa shape index (κ3) is 2.18. The summed E-state index contributed by atoms with van der Waals surface area (Å²) in [5.74, 6) is 2.06. The van der Waals surface area contributed by atoms with Crippen LogP contribution in [0.1, 0.15) is 46.1 Å². The molecule has 2 aromatic rings. The van der Waals surface area contributed by atoms with Crippen LogP contribution in [0, 0.1) is 11.8 Å². The van der Waals surface area contributed by atoms with Crippen LogP contribution in [0.3, 0.4) is 0 Å². The molecule has 3 aliphatic rings. The Kier molecular flexibility index (Phi) is 3.23. The first kappa shape index (κ1) is 14.2. The van der Waals surface area contributed by atoms with Gasteiger partial charge in [-0.3, -0.25) is 9.89 Å². The summed E-state index contributed by atoms with van der Waals surface area (Å²) in [6.07, 6.45) is 2.41. The van der Waals surface area contributed by atoms with Gasteiger partial charge in [-0.1, -0.05) is 30.3 Å². The summed E-state index contributed by atoms with van der Waals surface area (Å²) in [5.41, 5.74) is 4.23. The zero-order valence-corrected chi connectivity index (χ0v) is 13.7. The lowest BCUT2D eigenvalue weighted by Gasteiger charge is -2.19. The number of benzene rings is 1. The van der Waals surface area contributed by atoms with Gasteiger partial charge in [-0.2, -0.15) is 5.10 Å². The first-order chi connectivity index (χ1) is 11.8. The minimum Gasteiger partial charge on any atom is -0.337 e. The van der Waals surface area contributed by atoms with Gasteiger partial charge in [-0.15, -0.1) is 0 Å². The van der Waals surface area contributed by atoms with Crippen LogP contribution < -0.4 is 5.32 Å². The van der Waals surface area contributed by atoms with E-state index < -0.39 is 0 Å². The molecule has 5 rings (SSSR count).